The minimum Gasteiger partial charge on any atom is -0.454 e. The fraction of sp³-hybridized carbons (Fsp3) is 0.538. The number of likely N-dealkylation sites (tertiary alicyclic amines) is 1. The van der Waals surface area contributed by atoms with Gasteiger partial charge in [0, 0.05) is 35.6 Å². The van der Waals surface area contributed by atoms with Crippen LogP contribution in [0.5, 0.6) is 11.5 Å². The topological polar surface area (TPSA) is 67.9 Å². The van der Waals surface area contributed by atoms with Crippen molar-refractivity contribution in [3.05, 3.63) is 39.6 Å². The summed E-state index contributed by atoms with van der Waals surface area (Å²) >= 11 is 1.68. The lowest BCUT2D eigenvalue weighted by molar-refractivity contribution is -0.121. The van der Waals surface area contributed by atoms with E-state index in [2.05, 4.69) is 32.2 Å². The van der Waals surface area contributed by atoms with Crippen LogP contribution in [0.15, 0.2) is 24.3 Å². The van der Waals surface area contributed by atoms with Gasteiger partial charge < -0.3 is 19.7 Å². The van der Waals surface area contributed by atoms with Crippen molar-refractivity contribution in [1.82, 2.24) is 4.90 Å². The number of ether oxygens (including phenoxy) is 2. The first kappa shape index (κ1) is 22.3. The highest BCUT2D eigenvalue weighted by molar-refractivity contribution is 7.14. The second kappa shape index (κ2) is 8.67. The zero-order valence-electron chi connectivity index (χ0n) is 19.6. The first-order valence-corrected chi connectivity index (χ1v) is 12.7. The molecule has 1 fully saturated rings. The minimum absolute atomic E-state index is 0.000717. The van der Waals surface area contributed by atoms with Crippen molar-refractivity contribution in [3.63, 3.8) is 0 Å². The van der Waals surface area contributed by atoms with Crippen LogP contribution in [0.3, 0.4) is 0 Å². The van der Waals surface area contributed by atoms with Gasteiger partial charge in [-0.05, 0) is 67.2 Å². The quantitative estimate of drug-likeness (QED) is 0.679. The Morgan fingerprint density at radius 3 is 2.58 bits per heavy atom. The van der Waals surface area contributed by atoms with E-state index in [1.807, 2.05) is 17.0 Å². The molecule has 176 valence electrons. The molecule has 0 radical (unpaired) electrons. The normalized spacial score (nSPS) is 20.5. The van der Waals surface area contributed by atoms with Gasteiger partial charge >= 0.3 is 0 Å². The molecule has 1 saturated heterocycles. The molecule has 1 N–H and O–H groups in total. The molecule has 1 aromatic carbocycles. The molecule has 1 aromatic heterocycles. The molecule has 33 heavy (non-hydrogen) atoms. The molecule has 2 aliphatic heterocycles. The molecule has 2 aromatic rings. The summed E-state index contributed by atoms with van der Waals surface area (Å²) in [5.41, 5.74) is 2.38. The van der Waals surface area contributed by atoms with Gasteiger partial charge in [-0.1, -0.05) is 20.8 Å². The molecule has 0 bridgehead atoms. The molecule has 0 unspecified atom stereocenters. The number of nitrogens with one attached hydrogen (secondary N) is 1. The van der Waals surface area contributed by atoms with Gasteiger partial charge in [0.25, 0.3) is 5.91 Å². The summed E-state index contributed by atoms with van der Waals surface area (Å²) in [6.07, 6.45) is 4.72. The lowest BCUT2D eigenvalue weighted by Gasteiger charge is -2.33. The Balaban J connectivity index is 1.16. The number of hydrogen-bond donors (Lipinski definition) is 1. The second-order valence-electron chi connectivity index (χ2n) is 10.5. The molecule has 2 amide bonds. The Hall–Kier alpha value is -2.54. The Labute approximate surface area is 199 Å². The van der Waals surface area contributed by atoms with Crippen LogP contribution >= 0.6 is 11.3 Å². The maximum Gasteiger partial charge on any atom is 0.263 e. The fourth-order valence-electron chi connectivity index (χ4n) is 5.09. The lowest BCUT2D eigenvalue weighted by atomic mass is 9.72. The van der Waals surface area contributed by atoms with E-state index in [1.165, 1.54) is 16.9 Å². The first-order valence-electron chi connectivity index (χ1n) is 11.9. The molecular formula is C26H32N2O4S. The molecular weight excluding hydrogens is 436 g/mol. The van der Waals surface area contributed by atoms with E-state index in [0.717, 1.165) is 17.7 Å². The van der Waals surface area contributed by atoms with Crippen molar-refractivity contribution in [3.8, 4) is 11.5 Å². The average Bonchev–Trinajstić information content (AvgIpc) is 3.44. The molecule has 1 atom stereocenters. The van der Waals surface area contributed by atoms with E-state index < -0.39 is 0 Å². The van der Waals surface area contributed by atoms with Gasteiger partial charge in [-0.15, -0.1) is 11.3 Å². The minimum atomic E-state index is -0.0939. The number of hydrogen-bond acceptors (Lipinski definition) is 5. The number of nitrogens with zero attached hydrogens (tertiary/aromatic N) is 1. The molecule has 0 saturated carbocycles. The molecule has 3 heterocycles. The lowest BCUT2D eigenvalue weighted by Crippen LogP contribution is -2.41. The van der Waals surface area contributed by atoms with E-state index in [9.17, 15) is 9.59 Å². The SMILES string of the molecule is CC(C)(C)[C@H]1CCc2sc(C(=O)N3CCC(C(=O)Nc4ccc5c(c4)OCO5)CC3)cc2C1. The Bertz CT molecular complexity index is 1060. The highest BCUT2D eigenvalue weighted by atomic mass is 32.1. The smallest absolute Gasteiger partial charge is 0.263 e. The number of benzene rings is 1. The molecule has 7 heteroatoms. The van der Waals surface area contributed by atoms with Gasteiger partial charge in [-0.3, -0.25) is 9.59 Å². The van der Waals surface area contributed by atoms with E-state index in [4.69, 9.17) is 9.47 Å². The van der Waals surface area contributed by atoms with E-state index in [-0.39, 0.29) is 24.5 Å². The number of carbonyl (C=O) groups is 2. The predicted octanol–water partition coefficient (Wildman–Crippen LogP) is 5.12. The zero-order chi connectivity index (χ0) is 23.2. The monoisotopic (exact) mass is 468 g/mol. The summed E-state index contributed by atoms with van der Waals surface area (Å²) in [7, 11) is 0. The van der Waals surface area contributed by atoms with Crippen LogP contribution in [0.2, 0.25) is 0 Å². The highest BCUT2D eigenvalue weighted by Gasteiger charge is 2.32. The maximum absolute atomic E-state index is 13.2. The van der Waals surface area contributed by atoms with Crippen LogP contribution in [-0.2, 0) is 17.6 Å². The van der Waals surface area contributed by atoms with Crippen molar-refractivity contribution in [2.45, 2.75) is 52.9 Å². The largest absolute Gasteiger partial charge is 0.454 e. The van der Waals surface area contributed by atoms with Crippen molar-refractivity contribution in [2.24, 2.45) is 17.3 Å². The summed E-state index contributed by atoms with van der Waals surface area (Å²) in [5, 5.41) is 2.99. The zero-order valence-corrected chi connectivity index (χ0v) is 20.4. The van der Waals surface area contributed by atoms with E-state index in [1.54, 1.807) is 17.4 Å². The van der Waals surface area contributed by atoms with Crippen LogP contribution in [0, 0.1) is 17.3 Å². The summed E-state index contributed by atoms with van der Waals surface area (Å²) in [6.45, 7) is 8.38. The van der Waals surface area contributed by atoms with E-state index in [0.29, 0.717) is 54.5 Å². The van der Waals surface area contributed by atoms with Crippen LogP contribution < -0.4 is 14.8 Å². The van der Waals surface area contributed by atoms with Crippen molar-refractivity contribution in [2.75, 3.05) is 25.2 Å². The van der Waals surface area contributed by atoms with Gasteiger partial charge in [0.15, 0.2) is 11.5 Å². The number of aryl methyl sites for hydroxylation is 1. The molecule has 3 aliphatic rings. The standard InChI is InChI=1S/C26H32N2O4S/c1-26(2,3)18-4-7-22-17(12-18)13-23(33-22)25(30)28-10-8-16(9-11-28)24(29)27-19-5-6-20-21(14-19)32-15-31-20/h5-6,13-14,16,18H,4,7-12,15H2,1-3H3,(H,27,29)/t18-/m0/s1. The maximum atomic E-state index is 13.2. The van der Waals surface area contributed by atoms with E-state index >= 15 is 0 Å². The van der Waals surface area contributed by atoms with Gasteiger partial charge in [0.05, 0.1) is 4.88 Å². The van der Waals surface area contributed by atoms with Gasteiger partial charge in [0.1, 0.15) is 0 Å². The molecule has 0 spiro atoms. The summed E-state index contributed by atoms with van der Waals surface area (Å²) in [6, 6.07) is 7.57. The molecule has 6 nitrogen and oxygen atoms in total. The van der Waals surface area contributed by atoms with Gasteiger partial charge in [-0.2, -0.15) is 0 Å². The Kier molecular flexibility index (Phi) is 5.85. The van der Waals surface area contributed by atoms with Crippen molar-refractivity contribution in [1.29, 1.82) is 0 Å². The summed E-state index contributed by atoms with van der Waals surface area (Å²) in [4.78, 5) is 30.1. The van der Waals surface area contributed by atoms with Gasteiger partial charge in [0.2, 0.25) is 12.7 Å². The number of amides is 2. The van der Waals surface area contributed by atoms with Crippen LogP contribution in [0.4, 0.5) is 5.69 Å². The van der Waals surface area contributed by atoms with Crippen molar-refractivity contribution >= 4 is 28.8 Å². The predicted molar refractivity (Wildman–Crippen MR) is 129 cm³/mol. The number of piperidine rings is 1. The Morgan fingerprint density at radius 2 is 1.82 bits per heavy atom. The Morgan fingerprint density at radius 1 is 1.06 bits per heavy atom. The third-order valence-corrected chi connectivity index (χ3v) is 8.54. The summed E-state index contributed by atoms with van der Waals surface area (Å²) in [5.74, 6) is 2.05. The second-order valence-corrected chi connectivity index (χ2v) is 11.6. The molecule has 5 rings (SSSR count). The average molecular weight is 469 g/mol. The van der Waals surface area contributed by atoms with Crippen LogP contribution in [0.25, 0.3) is 0 Å². The third-order valence-electron chi connectivity index (χ3n) is 7.31. The number of anilines is 1. The highest BCUT2D eigenvalue weighted by Crippen LogP contribution is 2.40. The number of rotatable bonds is 3. The number of thiophene rings is 1. The number of fused-ring (bicyclic) bond motifs is 2. The van der Waals surface area contributed by atoms with Crippen LogP contribution in [0.1, 0.15) is 60.1 Å². The van der Waals surface area contributed by atoms with Crippen molar-refractivity contribution < 1.29 is 19.1 Å². The summed E-state index contributed by atoms with van der Waals surface area (Å²) < 4.78 is 10.7. The van der Waals surface area contributed by atoms with Gasteiger partial charge in [-0.25, -0.2) is 0 Å². The third kappa shape index (κ3) is 4.60. The fourth-order valence-corrected chi connectivity index (χ4v) is 6.26. The first-order chi connectivity index (χ1) is 15.8. The van der Waals surface area contributed by atoms with Crippen LogP contribution in [-0.4, -0.2) is 36.6 Å². The molecule has 1 aliphatic carbocycles. The number of carbonyl (C=O) groups excluding carboxylic acids is 2.